The molecule has 2 aromatic rings. The van der Waals surface area contributed by atoms with E-state index >= 15 is 0 Å². The van der Waals surface area contributed by atoms with Crippen LogP contribution in [0.5, 0.6) is 11.5 Å². The van der Waals surface area contributed by atoms with E-state index in [1.54, 1.807) is 25.3 Å². The molecule has 0 bridgehead atoms. The Kier molecular flexibility index (Phi) is 3.75. The predicted octanol–water partition coefficient (Wildman–Crippen LogP) is 4.88. The number of carbonyl (C=O) groups excluding carboxylic acids is 1. The SMILES string of the molecule is COc1ccc2c(c1)C(=O)CC(c1cc(Br)c(Cl)s1)O2. The molecule has 104 valence electrons. The highest BCUT2D eigenvalue weighted by atomic mass is 79.9. The van der Waals surface area contributed by atoms with E-state index in [1.165, 1.54) is 11.3 Å². The number of fused-ring (bicyclic) bond motifs is 1. The molecule has 0 fully saturated rings. The summed E-state index contributed by atoms with van der Waals surface area (Å²) in [5, 5.41) is 0. The van der Waals surface area contributed by atoms with E-state index in [0.29, 0.717) is 27.8 Å². The maximum atomic E-state index is 12.3. The fourth-order valence-corrected chi connectivity index (χ4v) is 3.88. The summed E-state index contributed by atoms with van der Waals surface area (Å²) < 4.78 is 12.5. The minimum atomic E-state index is -0.280. The maximum absolute atomic E-state index is 12.3. The van der Waals surface area contributed by atoms with Crippen molar-refractivity contribution in [3.63, 3.8) is 0 Å². The van der Waals surface area contributed by atoms with Crippen LogP contribution < -0.4 is 9.47 Å². The zero-order chi connectivity index (χ0) is 14.3. The van der Waals surface area contributed by atoms with Crippen LogP contribution in [0.2, 0.25) is 4.34 Å². The van der Waals surface area contributed by atoms with Crippen molar-refractivity contribution in [2.75, 3.05) is 7.11 Å². The van der Waals surface area contributed by atoms with E-state index in [1.807, 2.05) is 6.07 Å². The fraction of sp³-hybridized carbons (Fsp3) is 0.214. The molecular weight excluding hydrogens is 364 g/mol. The van der Waals surface area contributed by atoms with Crippen molar-refractivity contribution in [1.29, 1.82) is 0 Å². The van der Waals surface area contributed by atoms with Gasteiger partial charge in [-0.2, -0.15) is 0 Å². The molecule has 1 unspecified atom stereocenters. The largest absolute Gasteiger partial charge is 0.497 e. The van der Waals surface area contributed by atoms with Gasteiger partial charge in [-0.05, 0) is 40.2 Å². The molecule has 0 spiro atoms. The molecule has 0 saturated heterocycles. The number of thiophene rings is 1. The van der Waals surface area contributed by atoms with Gasteiger partial charge in [0.1, 0.15) is 21.9 Å². The number of hydrogen-bond acceptors (Lipinski definition) is 4. The van der Waals surface area contributed by atoms with Gasteiger partial charge in [-0.25, -0.2) is 0 Å². The monoisotopic (exact) mass is 372 g/mol. The molecule has 0 N–H and O–H groups in total. The quantitative estimate of drug-likeness (QED) is 0.752. The summed E-state index contributed by atoms with van der Waals surface area (Å²) in [6.45, 7) is 0. The van der Waals surface area contributed by atoms with Crippen LogP contribution in [0, 0.1) is 0 Å². The number of ether oxygens (including phenoxy) is 2. The summed E-state index contributed by atoms with van der Waals surface area (Å²) in [5.74, 6) is 1.30. The molecule has 6 heteroatoms. The molecule has 3 rings (SSSR count). The highest BCUT2D eigenvalue weighted by Gasteiger charge is 2.29. The lowest BCUT2D eigenvalue weighted by atomic mass is 9.99. The number of Topliss-reactive ketones (excluding diaryl/α,β-unsaturated/α-hetero) is 1. The number of ketones is 1. The van der Waals surface area contributed by atoms with Crippen LogP contribution >= 0.6 is 38.9 Å². The van der Waals surface area contributed by atoms with Crippen LogP contribution in [0.25, 0.3) is 0 Å². The zero-order valence-electron chi connectivity index (χ0n) is 10.5. The van der Waals surface area contributed by atoms with Crippen LogP contribution in [0.4, 0.5) is 0 Å². The first kappa shape index (κ1) is 13.9. The molecule has 0 radical (unpaired) electrons. The Morgan fingerprint density at radius 3 is 2.90 bits per heavy atom. The first-order valence-electron chi connectivity index (χ1n) is 5.91. The zero-order valence-corrected chi connectivity index (χ0v) is 13.6. The lowest BCUT2D eigenvalue weighted by molar-refractivity contribution is 0.0853. The molecule has 1 aliphatic heterocycles. The minimum absolute atomic E-state index is 0.0517. The van der Waals surface area contributed by atoms with Crippen molar-refractivity contribution in [3.8, 4) is 11.5 Å². The van der Waals surface area contributed by atoms with Crippen molar-refractivity contribution >= 4 is 44.7 Å². The lowest BCUT2D eigenvalue weighted by Gasteiger charge is -2.24. The van der Waals surface area contributed by atoms with Gasteiger partial charge in [0.15, 0.2) is 5.78 Å². The minimum Gasteiger partial charge on any atom is -0.497 e. The van der Waals surface area contributed by atoms with Crippen molar-refractivity contribution in [3.05, 3.63) is 43.5 Å². The number of halogens is 2. The number of rotatable bonds is 2. The molecule has 2 heterocycles. The summed E-state index contributed by atoms with van der Waals surface area (Å²) in [6, 6.07) is 7.17. The van der Waals surface area contributed by atoms with Crippen molar-refractivity contribution in [2.24, 2.45) is 0 Å². The normalized spacial score (nSPS) is 17.6. The second kappa shape index (κ2) is 5.39. The second-order valence-electron chi connectivity index (χ2n) is 4.37. The van der Waals surface area contributed by atoms with Crippen LogP contribution in [0.3, 0.4) is 0 Å². The Bertz CT molecular complexity index is 664. The molecule has 1 aliphatic rings. The van der Waals surface area contributed by atoms with Crippen molar-refractivity contribution in [1.82, 2.24) is 0 Å². The van der Waals surface area contributed by atoms with Gasteiger partial charge in [0, 0.05) is 9.35 Å². The molecule has 1 atom stereocenters. The van der Waals surface area contributed by atoms with Gasteiger partial charge in [-0.1, -0.05) is 11.6 Å². The van der Waals surface area contributed by atoms with Crippen molar-refractivity contribution in [2.45, 2.75) is 12.5 Å². The average Bonchev–Trinajstić information content (AvgIpc) is 2.78. The van der Waals surface area contributed by atoms with Gasteiger partial charge in [0.2, 0.25) is 0 Å². The summed E-state index contributed by atoms with van der Waals surface area (Å²) in [6.07, 6.45) is 0.0286. The first-order valence-corrected chi connectivity index (χ1v) is 7.90. The standard InChI is InChI=1S/C14H10BrClO3S/c1-18-7-2-3-11-8(4-7)10(17)6-12(19-11)13-5-9(15)14(16)20-13/h2-5,12H,6H2,1H3. The number of carbonyl (C=O) groups is 1. The van der Waals surface area contributed by atoms with E-state index in [4.69, 9.17) is 21.1 Å². The molecule has 0 amide bonds. The molecular formula is C14H10BrClO3S. The predicted molar refractivity (Wildman–Crippen MR) is 82.3 cm³/mol. The third-order valence-electron chi connectivity index (χ3n) is 3.11. The summed E-state index contributed by atoms with van der Waals surface area (Å²) in [4.78, 5) is 13.2. The molecule has 0 saturated carbocycles. The van der Waals surface area contributed by atoms with E-state index in [0.717, 1.165) is 9.35 Å². The third-order valence-corrected chi connectivity index (χ3v) is 5.68. The Balaban J connectivity index is 1.94. The van der Waals surface area contributed by atoms with Gasteiger partial charge < -0.3 is 9.47 Å². The third kappa shape index (κ3) is 2.45. The molecule has 1 aromatic heterocycles. The Labute approximate surface area is 133 Å². The molecule has 1 aromatic carbocycles. The van der Waals surface area contributed by atoms with Crippen molar-refractivity contribution < 1.29 is 14.3 Å². The lowest BCUT2D eigenvalue weighted by Crippen LogP contribution is -2.19. The van der Waals surface area contributed by atoms with E-state index in [9.17, 15) is 4.79 Å². The topological polar surface area (TPSA) is 35.5 Å². The number of methoxy groups -OCH3 is 1. The van der Waals surface area contributed by atoms with Gasteiger partial charge in [-0.3, -0.25) is 4.79 Å². The summed E-state index contributed by atoms with van der Waals surface area (Å²) in [7, 11) is 1.57. The van der Waals surface area contributed by atoms with Gasteiger partial charge in [-0.15, -0.1) is 11.3 Å². The molecule has 3 nitrogen and oxygen atoms in total. The highest BCUT2D eigenvalue weighted by molar-refractivity contribution is 9.10. The van der Waals surface area contributed by atoms with E-state index < -0.39 is 0 Å². The van der Waals surface area contributed by atoms with Crippen LogP contribution in [-0.2, 0) is 0 Å². The Morgan fingerprint density at radius 1 is 1.45 bits per heavy atom. The second-order valence-corrected chi connectivity index (χ2v) is 6.91. The van der Waals surface area contributed by atoms with E-state index in [-0.39, 0.29) is 11.9 Å². The Hall–Kier alpha value is -1.04. The van der Waals surface area contributed by atoms with E-state index in [2.05, 4.69) is 15.9 Å². The molecule has 0 aliphatic carbocycles. The molecule has 20 heavy (non-hydrogen) atoms. The van der Waals surface area contributed by atoms with Crippen LogP contribution in [-0.4, -0.2) is 12.9 Å². The maximum Gasteiger partial charge on any atom is 0.170 e. The fourth-order valence-electron chi connectivity index (χ4n) is 2.11. The summed E-state index contributed by atoms with van der Waals surface area (Å²) >= 11 is 10.8. The number of benzene rings is 1. The number of hydrogen-bond donors (Lipinski definition) is 0. The average molecular weight is 374 g/mol. The van der Waals surface area contributed by atoms with Crippen LogP contribution in [0.15, 0.2) is 28.7 Å². The van der Waals surface area contributed by atoms with Gasteiger partial charge in [0.25, 0.3) is 0 Å². The Morgan fingerprint density at radius 2 is 2.25 bits per heavy atom. The van der Waals surface area contributed by atoms with Gasteiger partial charge >= 0.3 is 0 Å². The van der Waals surface area contributed by atoms with Crippen LogP contribution in [0.1, 0.15) is 27.8 Å². The smallest absolute Gasteiger partial charge is 0.170 e. The highest BCUT2D eigenvalue weighted by Crippen LogP contribution is 2.42. The summed E-state index contributed by atoms with van der Waals surface area (Å²) in [5.41, 5.74) is 0.572. The first-order chi connectivity index (χ1) is 9.58. The van der Waals surface area contributed by atoms with Gasteiger partial charge in [0.05, 0.1) is 19.1 Å².